The number of fused-ring (bicyclic) bond motifs is 1. The maximum Gasteiger partial charge on any atom is 0.231 e. The van der Waals surface area contributed by atoms with E-state index >= 15 is 0 Å². The summed E-state index contributed by atoms with van der Waals surface area (Å²) in [5.41, 5.74) is -0.645. The quantitative estimate of drug-likeness (QED) is 0.789. The van der Waals surface area contributed by atoms with E-state index in [0.29, 0.717) is 19.4 Å². The average molecular weight is 386 g/mol. The molecular formula is C17H27N3O3S2. The van der Waals surface area contributed by atoms with Crippen LogP contribution in [0.1, 0.15) is 22.6 Å². The number of sulfonamides is 1. The lowest BCUT2D eigenvalue weighted by atomic mass is 9.72. The van der Waals surface area contributed by atoms with Crippen LogP contribution >= 0.6 is 11.3 Å². The number of carbonyl (C=O) groups is 1. The molecule has 0 radical (unpaired) electrons. The van der Waals surface area contributed by atoms with Crippen molar-refractivity contribution in [1.82, 2.24) is 14.1 Å². The Morgan fingerprint density at radius 3 is 2.72 bits per heavy atom. The van der Waals surface area contributed by atoms with E-state index in [1.54, 1.807) is 37.4 Å². The summed E-state index contributed by atoms with van der Waals surface area (Å²) in [4.78, 5) is 19.6. The minimum atomic E-state index is -3.26. The molecule has 1 aromatic rings. The van der Waals surface area contributed by atoms with E-state index in [1.807, 2.05) is 0 Å². The van der Waals surface area contributed by atoms with Gasteiger partial charge in [-0.15, -0.1) is 11.3 Å². The Morgan fingerprint density at radius 2 is 2.12 bits per heavy atom. The van der Waals surface area contributed by atoms with Crippen molar-refractivity contribution in [3.63, 3.8) is 0 Å². The number of aryl methyl sites for hydroxylation is 1. The Balaban J connectivity index is 1.89. The summed E-state index contributed by atoms with van der Waals surface area (Å²) >= 11 is 1.78. The van der Waals surface area contributed by atoms with Crippen molar-refractivity contribution in [3.8, 4) is 0 Å². The molecule has 0 aliphatic carbocycles. The maximum absolute atomic E-state index is 13.1. The van der Waals surface area contributed by atoms with Crippen LogP contribution in [0.2, 0.25) is 0 Å². The number of hydrogen-bond acceptors (Lipinski definition) is 5. The number of rotatable bonds is 3. The average Bonchev–Trinajstić information content (AvgIpc) is 2.95. The molecule has 1 aromatic heterocycles. The van der Waals surface area contributed by atoms with E-state index < -0.39 is 15.4 Å². The first-order valence-corrected chi connectivity index (χ1v) is 11.0. The van der Waals surface area contributed by atoms with Gasteiger partial charge >= 0.3 is 0 Å². The van der Waals surface area contributed by atoms with Gasteiger partial charge in [0.1, 0.15) is 0 Å². The van der Waals surface area contributed by atoms with Crippen molar-refractivity contribution in [2.24, 2.45) is 5.41 Å². The number of carbonyl (C=O) groups excluding carboxylic acids is 1. The molecule has 140 valence electrons. The summed E-state index contributed by atoms with van der Waals surface area (Å²) in [7, 11) is 1.90. The number of thiophene rings is 1. The molecule has 0 spiro atoms. The van der Waals surface area contributed by atoms with E-state index in [1.165, 1.54) is 14.1 Å². The van der Waals surface area contributed by atoms with Crippen LogP contribution in [0.4, 0.5) is 0 Å². The van der Waals surface area contributed by atoms with Gasteiger partial charge in [0.15, 0.2) is 0 Å². The summed E-state index contributed by atoms with van der Waals surface area (Å²) in [6, 6.07) is 4.01. The van der Waals surface area contributed by atoms with E-state index in [9.17, 15) is 13.2 Å². The highest BCUT2D eigenvalue weighted by molar-refractivity contribution is 7.89. The van der Waals surface area contributed by atoms with Gasteiger partial charge in [0.25, 0.3) is 0 Å². The molecule has 25 heavy (non-hydrogen) atoms. The second-order valence-corrected chi connectivity index (χ2v) is 11.0. The fourth-order valence-corrected chi connectivity index (χ4v) is 6.81. The van der Waals surface area contributed by atoms with Gasteiger partial charge in [-0.2, -0.15) is 0 Å². The van der Waals surface area contributed by atoms with Gasteiger partial charge < -0.3 is 4.90 Å². The summed E-state index contributed by atoms with van der Waals surface area (Å²) < 4.78 is 26.1. The fraction of sp³-hybridized carbons (Fsp3) is 0.706. The van der Waals surface area contributed by atoms with Crippen LogP contribution in [0.15, 0.2) is 12.1 Å². The smallest absolute Gasteiger partial charge is 0.231 e. The van der Waals surface area contributed by atoms with Gasteiger partial charge in [0.05, 0.1) is 11.2 Å². The Hall–Kier alpha value is -0.960. The molecular weight excluding hydrogens is 358 g/mol. The molecule has 1 amide bonds. The zero-order valence-electron chi connectivity index (χ0n) is 15.4. The molecule has 2 saturated heterocycles. The summed E-state index contributed by atoms with van der Waals surface area (Å²) in [5.74, 6) is 0.0947. The van der Waals surface area contributed by atoms with Crippen molar-refractivity contribution < 1.29 is 13.2 Å². The first kappa shape index (κ1) is 18.8. The molecule has 8 heteroatoms. The Kier molecular flexibility index (Phi) is 5.00. The number of piperidine rings is 1. The number of amides is 1. The molecule has 3 heterocycles. The van der Waals surface area contributed by atoms with Gasteiger partial charge in [-0.1, -0.05) is 0 Å². The lowest BCUT2D eigenvalue weighted by Gasteiger charge is -2.53. The molecule has 2 atom stereocenters. The van der Waals surface area contributed by atoms with Gasteiger partial charge in [-0.25, -0.2) is 12.7 Å². The minimum absolute atomic E-state index is 0.0472. The molecule has 6 nitrogen and oxygen atoms in total. The van der Waals surface area contributed by atoms with Gasteiger partial charge in [-0.05, 0) is 31.9 Å². The van der Waals surface area contributed by atoms with Crippen LogP contribution < -0.4 is 0 Å². The maximum atomic E-state index is 13.1. The summed E-state index contributed by atoms with van der Waals surface area (Å²) in [5, 5.41) is 0. The Bertz CT molecular complexity index is 759. The molecule has 3 rings (SSSR count). The Labute approximate surface area is 154 Å². The van der Waals surface area contributed by atoms with Crippen LogP contribution in [0.3, 0.4) is 0 Å². The zero-order valence-corrected chi connectivity index (χ0v) is 17.0. The predicted molar refractivity (Wildman–Crippen MR) is 100 cm³/mol. The Morgan fingerprint density at radius 1 is 1.40 bits per heavy atom. The molecule has 0 bridgehead atoms. The second-order valence-electron chi connectivity index (χ2n) is 7.47. The summed E-state index contributed by atoms with van der Waals surface area (Å²) in [6.07, 6.45) is 1.10. The molecule has 2 aliphatic rings. The van der Waals surface area contributed by atoms with Crippen LogP contribution in [-0.2, 0) is 21.4 Å². The number of nitrogens with zero attached hydrogens (tertiary/aromatic N) is 3. The van der Waals surface area contributed by atoms with Crippen molar-refractivity contribution in [1.29, 1.82) is 0 Å². The van der Waals surface area contributed by atoms with Crippen LogP contribution in [0.5, 0.6) is 0 Å². The van der Waals surface area contributed by atoms with E-state index in [4.69, 9.17) is 0 Å². The highest BCUT2D eigenvalue weighted by Crippen LogP contribution is 2.43. The largest absolute Gasteiger partial charge is 0.348 e. The fourth-order valence-electron chi connectivity index (χ4n) is 4.28. The van der Waals surface area contributed by atoms with Crippen molar-refractivity contribution in [3.05, 3.63) is 21.9 Å². The number of likely N-dealkylation sites (tertiary alicyclic amines) is 1. The van der Waals surface area contributed by atoms with Crippen molar-refractivity contribution in [2.75, 3.05) is 40.0 Å². The summed E-state index contributed by atoms with van der Waals surface area (Å²) in [6.45, 7) is 4.35. The third kappa shape index (κ3) is 3.37. The van der Waals surface area contributed by atoms with Crippen LogP contribution in [0.25, 0.3) is 0 Å². The van der Waals surface area contributed by atoms with Gasteiger partial charge in [0.2, 0.25) is 15.9 Å². The highest BCUT2D eigenvalue weighted by atomic mass is 32.2. The molecule has 0 unspecified atom stereocenters. The SMILES string of the molecule is Cc1ccc(CN2CC[C@H]3N(C)S(=O)(=O)CC[C@]3(C(=O)N(C)C)C2)s1. The highest BCUT2D eigenvalue weighted by Gasteiger charge is 2.56. The standard InChI is InChI=1S/C17H27N3O3S2/c1-13-5-6-14(24-13)11-20-9-7-15-17(12-20,16(21)18(2)3)8-10-25(22,23)19(15)4/h5-6,15H,7-12H2,1-4H3/t15-,17+/m1/s1. The molecule has 2 fully saturated rings. The number of hydrogen-bond donors (Lipinski definition) is 0. The van der Waals surface area contributed by atoms with E-state index in [0.717, 1.165) is 13.1 Å². The zero-order chi connectivity index (χ0) is 18.4. The molecule has 2 aliphatic heterocycles. The normalized spacial score (nSPS) is 30.0. The predicted octanol–water partition coefficient (Wildman–Crippen LogP) is 1.37. The second kappa shape index (κ2) is 6.64. The van der Waals surface area contributed by atoms with Crippen LogP contribution in [0, 0.1) is 12.3 Å². The third-order valence-corrected chi connectivity index (χ3v) is 8.39. The van der Waals surface area contributed by atoms with Crippen LogP contribution in [-0.4, -0.2) is 74.5 Å². The molecule has 0 saturated carbocycles. The van der Waals surface area contributed by atoms with E-state index in [2.05, 4.69) is 24.0 Å². The van der Waals surface area contributed by atoms with Crippen molar-refractivity contribution in [2.45, 2.75) is 32.4 Å². The lowest BCUT2D eigenvalue weighted by molar-refractivity contribution is -0.148. The molecule has 0 N–H and O–H groups in total. The molecule has 0 aromatic carbocycles. The monoisotopic (exact) mass is 385 g/mol. The van der Waals surface area contributed by atoms with Gasteiger partial charge in [0, 0.05) is 56.6 Å². The lowest BCUT2D eigenvalue weighted by Crippen LogP contribution is -2.66. The van der Waals surface area contributed by atoms with Crippen molar-refractivity contribution >= 4 is 27.3 Å². The van der Waals surface area contributed by atoms with Gasteiger partial charge in [-0.3, -0.25) is 9.69 Å². The first-order valence-electron chi connectivity index (χ1n) is 8.61. The third-order valence-electron chi connectivity index (χ3n) is 5.55. The topological polar surface area (TPSA) is 60.9 Å². The first-order chi connectivity index (χ1) is 11.7. The minimum Gasteiger partial charge on any atom is -0.348 e. The van der Waals surface area contributed by atoms with E-state index in [-0.39, 0.29) is 17.7 Å².